The minimum Gasteiger partial charge on any atom is -0.387 e. The number of rotatable bonds is 4. The summed E-state index contributed by atoms with van der Waals surface area (Å²) in [7, 11) is 0. The summed E-state index contributed by atoms with van der Waals surface area (Å²) in [5, 5.41) is 19.9. The molecule has 2 fully saturated rings. The summed E-state index contributed by atoms with van der Waals surface area (Å²) in [5.74, 6) is 0.0619. The Bertz CT molecular complexity index is 598. The molecule has 2 aliphatic rings. The third-order valence-corrected chi connectivity index (χ3v) is 5.51. The fraction of sp³-hybridized carbons (Fsp3) is 0.632. The Morgan fingerprint density at radius 3 is 2.54 bits per heavy atom. The minimum atomic E-state index is -1.41. The summed E-state index contributed by atoms with van der Waals surface area (Å²) < 4.78 is 0. The van der Waals surface area contributed by atoms with Gasteiger partial charge in [-0.25, -0.2) is 0 Å². The summed E-state index contributed by atoms with van der Waals surface area (Å²) >= 11 is 0. The lowest BCUT2D eigenvalue weighted by Crippen LogP contribution is -2.49. The highest BCUT2D eigenvalue weighted by molar-refractivity contribution is 5.82. The maximum atomic E-state index is 12.4. The number of fused-ring (bicyclic) bond motifs is 1. The molecule has 2 saturated heterocycles. The number of amides is 1. The number of carbonyl (C=O) groups excluding carboxylic acids is 1. The fourth-order valence-electron chi connectivity index (χ4n) is 4.07. The van der Waals surface area contributed by atoms with Gasteiger partial charge in [0.15, 0.2) is 6.10 Å². The Kier molecular flexibility index (Phi) is 4.45. The molecule has 1 aromatic carbocycles. The van der Waals surface area contributed by atoms with Crippen molar-refractivity contribution < 1.29 is 15.0 Å². The second kappa shape index (κ2) is 6.14. The molecule has 5 nitrogen and oxygen atoms in total. The second-order valence-corrected chi connectivity index (χ2v) is 8.28. The van der Waals surface area contributed by atoms with Crippen molar-refractivity contribution in [2.75, 3.05) is 26.2 Å². The van der Waals surface area contributed by atoms with E-state index in [1.54, 1.807) is 4.90 Å². The maximum absolute atomic E-state index is 12.4. The first-order chi connectivity index (χ1) is 11.2. The Hall–Kier alpha value is -1.43. The average molecular weight is 332 g/mol. The van der Waals surface area contributed by atoms with Crippen LogP contribution in [-0.4, -0.2) is 63.8 Å². The normalized spacial score (nSPS) is 28.9. The van der Waals surface area contributed by atoms with E-state index in [1.807, 2.05) is 6.07 Å². The summed E-state index contributed by atoms with van der Waals surface area (Å²) in [5.41, 5.74) is -0.0369. The van der Waals surface area contributed by atoms with E-state index in [0.29, 0.717) is 19.0 Å². The molecule has 2 aliphatic heterocycles. The van der Waals surface area contributed by atoms with Crippen molar-refractivity contribution in [3.8, 4) is 0 Å². The van der Waals surface area contributed by atoms with E-state index >= 15 is 0 Å². The number of likely N-dealkylation sites (tertiary alicyclic amines) is 2. The SMILES string of the molecule is CC(C)(O)C(O)C(=O)N1C[C@@H]2CN(Cc3ccccc3)C[C@]2(C)C1. The lowest BCUT2D eigenvalue weighted by atomic mass is 9.83. The first-order valence-electron chi connectivity index (χ1n) is 8.64. The lowest BCUT2D eigenvalue weighted by Gasteiger charge is -2.30. The van der Waals surface area contributed by atoms with E-state index in [9.17, 15) is 15.0 Å². The zero-order chi connectivity index (χ0) is 17.5. The Morgan fingerprint density at radius 1 is 1.29 bits per heavy atom. The Labute approximate surface area is 143 Å². The summed E-state index contributed by atoms with van der Waals surface area (Å²) in [6.07, 6.45) is -1.36. The molecule has 1 unspecified atom stereocenters. The van der Waals surface area contributed by atoms with Gasteiger partial charge in [-0.2, -0.15) is 0 Å². The highest BCUT2D eigenvalue weighted by atomic mass is 16.3. The number of aliphatic hydroxyl groups excluding tert-OH is 1. The van der Waals surface area contributed by atoms with Crippen molar-refractivity contribution in [2.24, 2.45) is 11.3 Å². The first kappa shape index (κ1) is 17.4. The molecule has 3 rings (SSSR count). The van der Waals surface area contributed by atoms with E-state index in [2.05, 4.69) is 36.1 Å². The number of benzene rings is 1. The van der Waals surface area contributed by atoms with Crippen LogP contribution in [0.3, 0.4) is 0 Å². The van der Waals surface area contributed by atoms with Gasteiger partial charge in [0.1, 0.15) is 0 Å². The third kappa shape index (κ3) is 3.34. The van der Waals surface area contributed by atoms with Gasteiger partial charge in [0, 0.05) is 38.1 Å². The third-order valence-electron chi connectivity index (χ3n) is 5.51. The van der Waals surface area contributed by atoms with E-state index in [-0.39, 0.29) is 11.3 Å². The second-order valence-electron chi connectivity index (χ2n) is 8.28. The molecule has 2 heterocycles. The highest BCUT2D eigenvalue weighted by Gasteiger charge is 2.51. The molecule has 2 N–H and O–H groups in total. The predicted octanol–water partition coefficient (Wildman–Crippen LogP) is 1.10. The van der Waals surface area contributed by atoms with E-state index < -0.39 is 11.7 Å². The monoisotopic (exact) mass is 332 g/mol. The van der Waals surface area contributed by atoms with Crippen LogP contribution >= 0.6 is 0 Å². The van der Waals surface area contributed by atoms with Crippen LogP contribution in [0.15, 0.2) is 30.3 Å². The highest BCUT2D eigenvalue weighted by Crippen LogP contribution is 2.42. The number of hydrogen-bond acceptors (Lipinski definition) is 4. The van der Waals surface area contributed by atoms with Gasteiger partial charge in [0.25, 0.3) is 5.91 Å². The van der Waals surface area contributed by atoms with Gasteiger partial charge in [0.2, 0.25) is 0 Å². The van der Waals surface area contributed by atoms with Crippen molar-refractivity contribution >= 4 is 5.91 Å². The van der Waals surface area contributed by atoms with E-state index in [4.69, 9.17) is 0 Å². The van der Waals surface area contributed by atoms with Gasteiger partial charge in [-0.15, -0.1) is 0 Å². The van der Waals surface area contributed by atoms with Crippen molar-refractivity contribution in [3.05, 3.63) is 35.9 Å². The van der Waals surface area contributed by atoms with Crippen LogP contribution < -0.4 is 0 Å². The lowest BCUT2D eigenvalue weighted by molar-refractivity contribution is -0.152. The minimum absolute atomic E-state index is 0.0593. The molecule has 0 spiro atoms. The van der Waals surface area contributed by atoms with E-state index in [1.165, 1.54) is 19.4 Å². The quantitative estimate of drug-likeness (QED) is 0.867. The standard InChI is InChI=1S/C19H28N2O3/c1-18(2,24)16(22)17(23)21-11-15-10-20(12-19(15,3)13-21)9-14-7-5-4-6-8-14/h4-8,15-16,22,24H,9-13H2,1-3H3/t15-,16?,19+/m0/s1. The van der Waals surface area contributed by atoms with E-state index in [0.717, 1.165) is 19.6 Å². The molecule has 0 saturated carbocycles. The number of hydrogen-bond donors (Lipinski definition) is 2. The Balaban J connectivity index is 1.62. The Morgan fingerprint density at radius 2 is 1.96 bits per heavy atom. The summed E-state index contributed by atoms with van der Waals surface area (Å²) in [6, 6.07) is 10.4. The average Bonchev–Trinajstić information content (AvgIpc) is 2.97. The van der Waals surface area contributed by atoms with Gasteiger partial charge >= 0.3 is 0 Å². The van der Waals surface area contributed by atoms with Gasteiger partial charge in [-0.05, 0) is 25.3 Å². The van der Waals surface area contributed by atoms with Gasteiger partial charge in [-0.3, -0.25) is 9.69 Å². The molecule has 0 bridgehead atoms. The fourth-order valence-corrected chi connectivity index (χ4v) is 4.07. The van der Waals surface area contributed by atoms with Crippen molar-refractivity contribution in [3.63, 3.8) is 0 Å². The smallest absolute Gasteiger partial charge is 0.254 e. The molecule has 0 radical (unpaired) electrons. The molecule has 3 atom stereocenters. The van der Waals surface area contributed by atoms with Crippen molar-refractivity contribution in [1.29, 1.82) is 0 Å². The van der Waals surface area contributed by atoms with Crippen LogP contribution in [0.5, 0.6) is 0 Å². The largest absolute Gasteiger partial charge is 0.387 e. The zero-order valence-electron chi connectivity index (χ0n) is 14.8. The topological polar surface area (TPSA) is 64.0 Å². The molecule has 24 heavy (non-hydrogen) atoms. The molecule has 1 aromatic rings. The van der Waals surface area contributed by atoms with Crippen LogP contribution in [0.2, 0.25) is 0 Å². The molecular weight excluding hydrogens is 304 g/mol. The van der Waals surface area contributed by atoms with Crippen molar-refractivity contribution in [1.82, 2.24) is 9.80 Å². The number of carbonyl (C=O) groups is 1. The molecule has 1 amide bonds. The summed E-state index contributed by atoms with van der Waals surface area (Å²) in [4.78, 5) is 16.6. The molecule has 5 heteroatoms. The zero-order valence-corrected chi connectivity index (χ0v) is 14.8. The summed E-state index contributed by atoms with van der Waals surface area (Å²) in [6.45, 7) is 9.33. The van der Waals surface area contributed by atoms with Gasteiger partial charge in [-0.1, -0.05) is 37.3 Å². The molecule has 132 valence electrons. The van der Waals surface area contributed by atoms with Gasteiger partial charge in [0.05, 0.1) is 5.60 Å². The molecule has 0 aliphatic carbocycles. The first-order valence-corrected chi connectivity index (χ1v) is 8.64. The predicted molar refractivity (Wildman–Crippen MR) is 92.2 cm³/mol. The number of nitrogens with zero attached hydrogens (tertiary/aromatic N) is 2. The van der Waals surface area contributed by atoms with Gasteiger partial charge < -0.3 is 15.1 Å². The van der Waals surface area contributed by atoms with Crippen LogP contribution in [0.4, 0.5) is 0 Å². The van der Waals surface area contributed by atoms with Crippen LogP contribution in [-0.2, 0) is 11.3 Å². The van der Waals surface area contributed by atoms with Crippen LogP contribution in [0, 0.1) is 11.3 Å². The van der Waals surface area contributed by atoms with Crippen LogP contribution in [0.1, 0.15) is 26.3 Å². The maximum Gasteiger partial charge on any atom is 0.254 e. The number of aliphatic hydroxyl groups is 2. The molecule has 0 aromatic heterocycles. The molecular formula is C19H28N2O3. The van der Waals surface area contributed by atoms with Crippen LogP contribution in [0.25, 0.3) is 0 Å². The van der Waals surface area contributed by atoms with Crippen molar-refractivity contribution in [2.45, 2.75) is 39.0 Å².